The molecule has 4 aromatic heterocycles. The molecular weight excluding hydrogens is 406 g/mol. The fourth-order valence-corrected chi connectivity index (χ4v) is 4.24. The molecule has 4 heterocycles. The van der Waals surface area contributed by atoms with Gasteiger partial charge in [-0.3, -0.25) is 14.2 Å². The molecule has 1 amide bonds. The number of aryl methyl sites for hydroxylation is 2. The van der Waals surface area contributed by atoms with Gasteiger partial charge in [-0.25, -0.2) is 4.98 Å². The van der Waals surface area contributed by atoms with Crippen molar-refractivity contribution in [2.45, 2.75) is 65.6 Å². The minimum Gasteiger partial charge on any atom is -0.344 e. The first kappa shape index (κ1) is 20.4. The molecule has 0 aromatic carbocycles. The van der Waals surface area contributed by atoms with Gasteiger partial charge in [-0.15, -0.1) is 0 Å². The van der Waals surface area contributed by atoms with Crippen LogP contribution in [0.15, 0.2) is 29.0 Å². The number of aromatic nitrogens is 6. The van der Waals surface area contributed by atoms with E-state index in [0.717, 1.165) is 48.6 Å². The second-order valence-corrected chi connectivity index (χ2v) is 8.31. The Morgan fingerprint density at radius 2 is 2.03 bits per heavy atom. The highest BCUT2D eigenvalue weighted by Gasteiger charge is 2.30. The normalized spacial score (nSPS) is 14.8. The molecule has 0 saturated heterocycles. The van der Waals surface area contributed by atoms with Crippen LogP contribution >= 0.6 is 0 Å². The Balaban J connectivity index is 1.59. The second kappa shape index (κ2) is 7.89. The lowest BCUT2D eigenvalue weighted by molar-refractivity contribution is 0.0939. The van der Waals surface area contributed by atoms with E-state index in [4.69, 9.17) is 4.52 Å². The lowest BCUT2D eigenvalue weighted by Crippen LogP contribution is -2.28. The van der Waals surface area contributed by atoms with E-state index in [-0.39, 0.29) is 11.9 Å². The number of carbonyl (C=O) groups is 1. The zero-order valence-electron chi connectivity index (χ0n) is 18.8. The lowest BCUT2D eigenvalue weighted by atomic mass is 10.0. The Hall–Kier alpha value is -3.49. The molecule has 9 nitrogen and oxygen atoms in total. The molecule has 166 valence electrons. The van der Waals surface area contributed by atoms with Crippen LogP contribution in [-0.2, 0) is 13.1 Å². The number of nitrogens with zero attached hydrogens (tertiary/aromatic N) is 6. The van der Waals surface area contributed by atoms with Gasteiger partial charge < -0.3 is 9.84 Å². The third kappa shape index (κ3) is 3.37. The lowest BCUT2D eigenvalue weighted by Gasteiger charge is -2.16. The van der Waals surface area contributed by atoms with E-state index >= 15 is 0 Å². The Labute approximate surface area is 185 Å². The van der Waals surface area contributed by atoms with Crippen molar-refractivity contribution < 1.29 is 9.32 Å². The molecule has 0 radical (unpaired) electrons. The number of fused-ring (bicyclic) bond motifs is 1. The molecule has 32 heavy (non-hydrogen) atoms. The summed E-state index contributed by atoms with van der Waals surface area (Å²) >= 11 is 0. The van der Waals surface area contributed by atoms with Crippen LogP contribution in [-0.4, -0.2) is 35.6 Å². The van der Waals surface area contributed by atoms with Crippen LogP contribution in [0.5, 0.6) is 0 Å². The minimum absolute atomic E-state index is 0.180. The van der Waals surface area contributed by atoms with Crippen LogP contribution in [0.3, 0.4) is 0 Å². The van der Waals surface area contributed by atoms with Crippen molar-refractivity contribution in [2.75, 3.05) is 0 Å². The highest BCUT2D eigenvalue weighted by Crippen LogP contribution is 2.41. The molecule has 1 aliphatic carbocycles. The summed E-state index contributed by atoms with van der Waals surface area (Å²) in [4.78, 5) is 18.2. The fraction of sp³-hybridized carbons (Fsp3) is 0.435. The van der Waals surface area contributed by atoms with Gasteiger partial charge in [0.1, 0.15) is 5.69 Å². The molecule has 1 N–H and O–H groups in total. The smallest absolute Gasteiger partial charge is 0.259 e. The molecule has 4 aromatic rings. The van der Waals surface area contributed by atoms with Crippen molar-refractivity contribution in [3.8, 4) is 11.3 Å². The van der Waals surface area contributed by atoms with Crippen LogP contribution in [0.1, 0.15) is 73.0 Å². The van der Waals surface area contributed by atoms with Gasteiger partial charge >= 0.3 is 0 Å². The molecule has 5 rings (SSSR count). The van der Waals surface area contributed by atoms with E-state index in [0.29, 0.717) is 28.3 Å². The first-order valence-electron chi connectivity index (χ1n) is 11.2. The standard InChI is InChI=1S/C23H27N7O2/c1-5-29-14(4)17(12-25-29)21-20-16(11-18(15-7-8-15)27-23(20)32-28-21)22(31)26-13(3)19-9-10-24-30(19)6-2/h9-13,15H,5-8H2,1-4H3,(H,26,31). The molecule has 1 unspecified atom stereocenters. The van der Waals surface area contributed by atoms with Crippen molar-refractivity contribution in [3.05, 3.63) is 47.2 Å². The fourth-order valence-electron chi connectivity index (χ4n) is 4.24. The van der Waals surface area contributed by atoms with Gasteiger partial charge in [0.15, 0.2) is 0 Å². The van der Waals surface area contributed by atoms with Crippen molar-refractivity contribution >= 4 is 17.0 Å². The number of hydrogen-bond acceptors (Lipinski definition) is 6. The van der Waals surface area contributed by atoms with E-state index in [1.807, 2.05) is 49.2 Å². The van der Waals surface area contributed by atoms with Crippen LogP contribution in [0.25, 0.3) is 22.4 Å². The predicted molar refractivity (Wildman–Crippen MR) is 119 cm³/mol. The van der Waals surface area contributed by atoms with Gasteiger partial charge in [-0.05, 0) is 52.7 Å². The predicted octanol–water partition coefficient (Wildman–Crippen LogP) is 4.00. The maximum absolute atomic E-state index is 13.5. The molecule has 1 saturated carbocycles. The number of carbonyl (C=O) groups excluding carboxylic acids is 1. The molecule has 0 spiro atoms. The van der Waals surface area contributed by atoms with E-state index in [2.05, 4.69) is 25.7 Å². The monoisotopic (exact) mass is 433 g/mol. The summed E-state index contributed by atoms with van der Waals surface area (Å²) in [5.41, 5.74) is 5.19. The molecule has 0 bridgehead atoms. The van der Waals surface area contributed by atoms with E-state index in [1.165, 1.54) is 0 Å². The Kier molecular flexibility index (Phi) is 5.03. The third-order valence-corrected chi connectivity index (χ3v) is 6.20. The Morgan fingerprint density at radius 1 is 1.25 bits per heavy atom. The molecule has 1 fully saturated rings. The summed E-state index contributed by atoms with van der Waals surface area (Å²) in [6.07, 6.45) is 5.68. The SMILES string of the molecule is CCn1nccc1C(C)NC(=O)c1cc(C2CC2)nc2onc(-c3cnn(CC)c3C)c12. The topological polar surface area (TPSA) is 104 Å². The third-order valence-electron chi connectivity index (χ3n) is 6.20. The van der Waals surface area contributed by atoms with Gasteiger partial charge in [-0.2, -0.15) is 10.2 Å². The molecule has 9 heteroatoms. The highest BCUT2D eigenvalue weighted by atomic mass is 16.5. The summed E-state index contributed by atoms with van der Waals surface area (Å²) in [5, 5.41) is 16.8. The summed E-state index contributed by atoms with van der Waals surface area (Å²) < 4.78 is 9.42. The molecular formula is C23H27N7O2. The zero-order valence-corrected chi connectivity index (χ0v) is 18.8. The van der Waals surface area contributed by atoms with E-state index < -0.39 is 0 Å². The molecule has 1 aliphatic rings. The van der Waals surface area contributed by atoms with Crippen molar-refractivity contribution in [1.29, 1.82) is 0 Å². The van der Waals surface area contributed by atoms with Crippen molar-refractivity contribution in [2.24, 2.45) is 0 Å². The van der Waals surface area contributed by atoms with Gasteiger partial charge in [0.25, 0.3) is 11.6 Å². The zero-order chi connectivity index (χ0) is 22.4. The first-order chi connectivity index (χ1) is 15.5. The van der Waals surface area contributed by atoms with Crippen molar-refractivity contribution in [1.82, 2.24) is 35.0 Å². The van der Waals surface area contributed by atoms with E-state index in [9.17, 15) is 4.79 Å². The van der Waals surface area contributed by atoms with Gasteiger partial charge in [0, 0.05) is 42.2 Å². The quantitative estimate of drug-likeness (QED) is 0.472. The van der Waals surface area contributed by atoms with Gasteiger partial charge in [-0.1, -0.05) is 5.16 Å². The van der Waals surface area contributed by atoms with Crippen molar-refractivity contribution in [3.63, 3.8) is 0 Å². The number of nitrogens with one attached hydrogen (secondary N) is 1. The number of hydrogen-bond donors (Lipinski definition) is 1. The first-order valence-corrected chi connectivity index (χ1v) is 11.2. The number of pyridine rings is 1. The highest BCUT2D eigenvalue weighted by molar-refractivity contribution is 6.09. The average molecular weight is 434 g/mol. The van der Waals surface area contributed by atoms with Gasteiger partial charge in [0.2, 0.25) is 0 Å². The van der Waals surface area contributed by atoms with E-state index in [1.54, 1.807) is 12.4 Å². The average Bonchev–Trinajstić information content (AvgIpc) is 3.21. The maximum atomic E-state index is 13.5. The second-order valence-electron chi connectivity index (χ2n) is 8.31. The van der Waals surface area contributed by atoms with Crippen LogP contribution in [0, 0.1) is 6.92 Å². The number of amides is 1. The molecule has 1 atom stereocenters. The largest absolute Gasteiger partial charge is 0.344 e. The van der Waals surface area contributed by atoms with Crippen LogP contribution in [0.2, 0.25) is 0 Å². The molecule has 0 aliphatic heterocycles. The maximum Gasteiger partial charge on any atom is 0.259 e. The minimum atomic E-state index is -0.203. The van der Waals surface area contributed by atoms with Crippen LogP contribution in [0.4, 0.5) is 0 Å². The Bertz CT molecular complexity index is 1300. The Morgan fingerprint density at radius 3 is 2.72 bits per heavy atom. The summed E-state index contributed by atoms with van der Waals surface area (Å²) in [6.45, 7) is 9.51. The summed E-state index contributed by atoms with van der Waals surface area (Å²) in [6, 6.07) is 3.63. The van der Waals surface area contributed by atoms with Crippen LogP contribution < -0.4 is 5.32 Å². The number of rotatable bonds is 7. The summed E-state index contributed by atoms with van der Waals surface area (Å²) in [5.74, 6) is 0.198. The van der Waals surface area contributed by atoms with Gasteiger partial charge in [0.05, 0.1) is 28.9 Å². The summed E-state index contributed by atoms with van der Waals surface area (Å²) in [7, 11) is 0.